The summed E-state index contributed by atoms with van der Waals surface area (Å²) < 4.78 is 2.05. The standard InChI is InChI=1S/C27H40N4O2/c1-7-15-30(18-25(32)31(21-13-14-21)17-22-10-9-16-29(22)6)27(33)28-26-23(19(2)3)11-8-12-24(26)20(4)5/h8-12,16,19-21H,7,13-15,17-18H2,1-6H3,(H,28,33). The van der Waals surface area contributed by atoms with Gasteiger partial charge in [0.15, 0.2) is 0 Å². The Morgan fingerprint density at radius 3 is 2.18 bits per heavy atom. The first kappa shape index (κ1) is 24.9. The normalized spacial score (nSPS) is 13.5. The molecule has 1 aromatic heterocycles. The number of aromatic nitrogens is 1. The third-order valence-electron chi connectivity index (χ3n) is 6.40. The van der Waals surface area contributed by atoms with Crippen LogP contribution in [0, 0.1) is 0 Å². The summed E-state index contributed by atoms with van der Waals surface area (Å²) in [6, 6.07) is 10.4. The van der Waals surface area contributed by atoms with Crippen LogP contribution in [0.25, 0.3) is 0 Å². The zero-order valence-corrected chi connectivity index (χ0v) is 21.1. The lowest BCUT2D eigenvalue weighted by molar-refractivity contribution is -0.133. The van der Waals surface area contributed by atoms with Crippen molar-refractivity contribution in [1.82, 2.24) is 14.4 Å². The number of hydrogen-bond acceptors (Lipinski definition) is 2. The molecule has 0 saturated heterocycles. The molecule has 1 fully saturated rings. The molecule has 1 aliphatic rings. The van der Waals surface area contributed by atoms with Gasteiger partial charge in [0, 0.05) is 37.2 Å². The summed E-state index contributed by atoms with van der Waals surface area (Å²) in [5, 5.41) is 3.18. The van der Waals surface area contributed by atoms with Crippen molar-refractivity contribution in [1.29, 1.82) is 0 Å². The van der Waals surface area contributed by atoms with Crippen LogP contribution in [0.15, 0.2) is 36.5 Å². The van der Waals surface area contributed by atoms with Crippen molar-refractivity contribution in [3.63, 3.8) is 0 Å². The summed E-state index contributed by atoms with van der Waals surface area (Å²) in [4.78, 5) is 30.4. The molecule has 0 aliphatic heterocycles. The first-order chi connectivity index (χ1) is 15.7. The van der Waals surface area contributed by atoms with Gasteiger partial charge in [-0.3, -0.25) is 4.79 Å². The predicted octanol–water partition coefficient (Wildman–Crippen LogP) is 5.71. The largest absolute Gasteiger partial charge is 0.353 e. The summed E-state index contributed by atoms with van der Waals surface area (Å²) in [5.41, 5.74) is 4.25. The highest BCUT2D eigenvalue weighted by atomic mass is 16.2. The number of hydrogen-bond donors (Lipinski definition) is 1. The molecule has 6 nitrogen and oxygen atoms in total. The van der Waals surface area contributed by atoms with Crippen molar-refractivity contribution in [2.24, 2.45) is 7.05 Å². The maximum absolute atomic E-state index is 13.4. The number of para-hydroxylation sites is 1. The van der Waals surface area contributed by atoms with Gasteiger partial charge in [-0.05, 0) is 54.4 Å². The van der Waals surface area contributed by atoms with Gasteiger partial charge in [0.2, 0.25) is 5.91 Å². The van der Waals surface area contributed by atoms with E-state index in [0.29, 0.717) is 13.1 Å². The van der Waals surface area contributed by atoms with Crippen molar-refractivity contribution in [2.75, 3.05) is 18.4 Å². The molecule has 0 spiro atoms. The van der Waals surface area contributed by atoms with E-state index >= 15 is 0 Å². The molecule has 1 aliphatic carbocycles. The number of aryl methyl sites for hydroxylation is 1. The molecule has 1 heterocycles. The average molecular weight is 453 g/mol. The Labute approximate surface area is 198 Å². The van der Waals surface area contributed by atoms with E-state index in [1.807, 2.05) is 31.1 Å². The molecule has 0 bridgehead atoms. The fourth-order valence-corrected chi connectivity index (χ4v) is 4.30. The number of nitrogens with zero attached hydrogens (tertiary/aromatic N) is 3. The summed E-state index contributed by atoms with van der Waals surface area (Å²) in [7, 11) is 2.00. The molecule has 0 atom stereocenters. The number of carbonyl (C=O) groups is 2. The van der Waals surface area contributed by atoms with Gasteiger partial charge in [-0.2, -0.15) is 0 Å². The molecule has 3 rings (SSSR count). The highest BCUT2D eigenvalue weighted by Crippen LogP contribution is 2.33. The number of benzene rings is 1. The summed E-state index contributed by atoms with van der Waals surface area (Å²) >= 11 is 0. The number of anilines is 1. The zero-order valence-electron chi connectivity index (χ0n) is 21.1. The van der Waals surface area contributed by atoms with Gasteiger partial charge in [-0.25, -0.2) is 4.79 Å². The van der Waals surface area contributed by atoms with Crippen molar-refractivity contribution in [3.8, 4) is 0 Å². The van der Waals surface area contributed by atoms with Crippen molar-refractivity contribution in [3.05, 3.63) is 53.3 Å². The van der Waals surface area contributed by atoms with Gasteiger partial charge >= 0.3 is 6.03 Å². The lowest BCUT2D eigenvalue weighted by atomic mass is 9.93. The van der Waals surface area contributed by atoms with Crippen molar-refractivity contribution in [2.45, 2.75) is 78.3 Å². The maximum Gasteiger partial charge on any atom is 0.322 e. The first-order valence-electron chi connectivity index (χ1n) is 12.3. The molecule has 3 amide bonds. The molecule has 1 N–H and O–H groups in total. The van der Waals surface area contributed by atoms with Crippen LogP contribution in [-0.2, 0) is 18.4 Å². The van der Waals surface area contributed by atoms with E-state index in [9.17, 15) is 9.59 Å². The van der Waals surface area contributed by atoms with Gasteiger partial charge < -0.3 is 19.7 Å². The molecule has 6 heteroatoms. The monoisotopic (exact) mass is 452 g/mol. The number of rotatable bonds is 10. The van der Waals surface area contributed by atoms with Gasteiger partial charge in [-0.1, -0.05) is 52.8 Å². The topological polar surface area (TPSA) is 57.6 Å². The fourth-order valence-electron chi connectivity index (χ4n) is 4.30. The van der Waals surface area contributed by atoms with E-state index in [-0.39, 0.29) is 36.4 Å². The van der Waals surface area contributed by atoms with Crippen LogP contribution < -0.4 is 5.32 Å². The smallest absolute Gasteiger partial charge is 0.322 e. The number of urea groups is 1. The highest BCUT2D eigenvalue weighted by molar-refractivity contribution is 5.94. The second-order valence-electron chi connectivity index (χ2n) is 9.84. The van der Waals surface area contributed by atoms with E-state index in [0.717, 1.165) is 41.8 Å². The summed E-state index contributed by atoms with van der Waals surface area (Å²) in [6.45, 7) is 11.8. The van der Waals surface area contributed by atoms with E-state index in [1.54, 1.807) is 4.90 Å². The fraction of sp³-hybridized carbons (Fsp3) is 0.556. The lowest BCUT2D eigenvalue weighted by Crippen LogP contribution is -2.45. The number of amides is 3. The molecule has 33 heavy (non-hydrogen) atoms. The van der Waals surface area contributed by atoms with Crippen LogP contribution in [0.3, 0.4) is 0 Å². The molecule has 0 radical (unpaired) electrons. The van der Waals surface area contributed by atoms with Gasteiger partial charge in [0.25, 0.3) is 0 Å². The molecule has 2 aromatic rings. The summed E-state index contributed by atoms with van der Waals surface area (Å²) in [6.07, 6.45) is 4.87. The van der Waals surface area contributed by atoms with E-state index in [2.05, 4.69) is 61.8 Å². The minimum atomic E-state index is -0.199. The molecule has 1 saturated carbocycles. The van der Waals surface area contributed by atoms with Gasteiger partial charge in [0.05, 0.1) is 6.54 Å². The third kappa shape index (κ3) is 6.18. The molecule has 1 aromatic carbocycles. The molecule has 0 unspecified atom stereocenters. The Morgan fingerprint density at radius 1 is 1.06 bits per heavy atom. The number of nitrogens with one attached hydrogen (secondary N) is 1. The average Bonchev–Trinajstić information content (AvgIpc) is 3.52. The lowest BCUT2D eigenvalue weighted by Gasteiger charge is -2.29. The Balaban J connectivity index is 1.78. The Morgan fingerprint density at radius 2 is 1.70 bits per heavy atom. The molecule has 180 valence electrons. The zero-order chi connectivity index (χ0) is 24.1. The van der Waals surface area contributed by atoms with Crippen molar-refractivity contribution >= 4 is 17.6 Å². The SMILES string of the molecule is CCCN(CC(=O)N(Cc1cccn1C)C1CC1)C(=O)Nc1c(C(C)C)cccc1C(C)C. The molecular formula is C27H40N4O2. The first-order valence-corrected chi connectivity index (χ1v) is 12.3. The van der Waals surface area contributed by atoms with Crippen LogP contribution in [0.2, 0.25) is 0 Å². The van der Waals surface area contributed by atoms with Crippen LogP contribution in [0.4, 0.5) is 10.5 Å². The Hall–Kier alpha value is -2.76. The minimum Gasteiger partial charge on any atom is -0.353 e. The maximum atomic E-state index is 13.4. The van der Waals surface area contributed by atoms with E-state index in [4.69, 9.17) is 0 Å². The van der Waals surface area contributed by atoms with Gasteiger partial charge in [0.1, 0.15) is 6.54 Å². The van der Waals surface area contributed by atoms with Crippen LogP contribution >= 0.6 is 0 Å². The highest BCUT2D eigenvalue weighted by Gasteiger charge is 2.34. The van der Waals surface area contributed by atoms with E-state index < -0.39 is 0 Å². The Bertz CT molecular complexity index is 933. The third-order valence-corrected chi connectivity index (χ3v) is 6.40. The van der Waals surface area contributed by atoms with Crippen molar-refractivity contribution < 1.29 is 9.59 Å². The Kier molecular flexibility index (Phi) is 8.22. The minimum absolute atomic E-state index is 0.0172. The van der Waals surface area contributed by atoms with Crippen LogP contribution in [0.5, 0.6) is 0 Å². The number of carbonyl (C=O) groups excluding carboxylic acids is 2. The second kappa shape index (κ2) is 10.9. The second-order valence-corrected chi connectivity index (χ2v) is 9.84. The van der Waals surface area contributed by atoms with Crippen LogP contribution in [-0.4, -0.2) is 45.4 Å². The van der Waals surface area contributed by atoms with Gasteiger partial charge in [-0.15, -0.1) is 0 Å². The quantitative estimate of drug-likeness (QED) is 0.502. The van der Waals surface area contributed by atoms with Crippen LogP contribution in [0.1, 0.15) is 82.5 Å². The summed E-state index contributed by atoms with van der Waals surface area (Å²) in [5.74, 6) is 0.593. The predicted molar refractivity (Wildman–Crippen MR) is 134 cm³/mol. The molecular weight excluding hydrogens is 412 g/mol. The van der Waals surface area contributed by atoms with E-state index in [1.165, 1.54) is 0 Å².